The molecule has 0 radical (unpaired) electrons. The second-order valence-corrected chi connectivity index (χ2v) is 5.53. The van der Waals surface area contributed by atoms with E-state index in [1.54, 1.807) is 0 Å². The first-order valence-electron chi connectivity index (χ1n) is 7.19. The summed E-state index contributed by atoms with van der Waals surface area (Å²) in [6.45, 7) is 6.84. The summed E-state index contributed by atoms with van der Waals surface area (Å²) in [4.78, 5) is 2.67. The summed E-state index contributed by atoms with van der Waals surface area (Å²) >= 11 is 0. The van der Waals surface area contributed by atoms with E-state index in [1.165, 1.54) is 36.9 Å². The number of nitrogens with one attached hydrogen (secondary N) is 1. The Labute approximate surface area is 111 Å². The monoisotopic (exact) mass is 246 g/mol. The fourth-order valence-corrected chi connectivity index (χ4v) is 3.02. The quantitative estimate of drug-likeness (QED) is 0.878. The standard InChI is InChI=1S/C16H26N2/c1-13-7-9-15(10-8-13)14(2)18-11-5-4-6-16(18)12-17-3/h7-10,14,16-17H,4-6,11-12H2,1-3H3. The minimum atomic E-state index is 0.532. The van der Waals surface area contributed by atoms with Gasteiger partial charge in [0, 0.05) is 18.6 Å². The summed E-state index contributed by atoms with van der Waals surface area (Å²) in [6, 6.07) is 10.2. The highest BCUT2D eigenvalue weighted by Crippen LogP contribution is 2.28. The maximum Gasteiger partial charge on any atom is 0.0323 e. The van der Waals surface area contributed by atoms with Crippen LogP contribution in [0.1, 0.15) is 43.4 Å². The van der Waals surface area contributed by atoms with E-state index in [-0.39, 0.29) is 0 Å². The van der Waals surface area contributed by atoms with Crippen molar-refractivity contribution >= 4 is 0 Å². The Kier molecular flexibility index (Phi) is 4.79. The van der Waals surface area contributed by atoms with E-state index < -0.39 is 0 Å². The number of rotatable bonds is 4. The van der Waals surface area contributed by atoms with E-state index in [0.717, 1.165) is 6.54 Å². The van der Waals surface area contributed by atoms with Gasteiger partial charge in [0.05, 0.1) is 0 Å². The molecule has 0 amide bonds. The van der Waals surface area contributed by atoms with Gasteiger partial charge in [0.15, 0.2) is 0 Å². The molecule has 1 aliphatic rings. The smallest absolute Gasteiger partial charge is 0.0323 e. The predicted octanol–water partition coefficient (Wildman–Crippen LogP) is 3.13. The molecule has 100 valence electrons. The molecule has 0 aliphatic carbocycles. The lowest BCUT2D eigenvalue weighted by molar-refractivity contribution is 0.103. The molecular formula is C16H26N2. The zero-order valence-corrected chi connectivity index (χ0v) is 11.9. The van der Waals surface area contributed by atoms with E-state index in [9.17, 15) is 0 Å². The minimum Gasteiger partial charge on any atom is -0.318 e. The van der Waals surface area contributed by atoms with Gasteiger partial charge in [-0.25, -0.2) is 0 Å². The normalized spacial score (nSPS) is 22.9. The van der Waals surface area contributed by atoms with Gasteiger partial charge in [-0.15, -0.1) is 0 Å². The lowest BCUT2D eigenvalue weighted by Gasteiger charge is -2.40. The van der Waals surface area contributed by atoms with E-state index in [4.69, 9.17) is 0 Å². The average Bonchev–Trinajstić information content (AvgIpc) is 2.40. The van der Waals surface area contributed by atoms with Gasteiger partial charge in [0.1, 0.15) is 0 Å². The van der Waals surface area contributed by atoms with Crippen molar-refractivity contribution in [3.05, 3.63) is 35.4 Å². The van der Waals surface area contributed by atoms with Gasteiger partial charge in [0.2, 0.25) is 0 Å². The molecule has 1 aliphatic heterocycles. The number of benzene rings is 1. The molecule has 0 aromatic heterocycles. The van der Waals surface area contributed by atoms with Crippen LogP contribution >= 0.6 is 0 Å². The zero-order valence-electron chi connectivity index (χ0n) is 11.9. The molecule has 1 heterocycles. The Hall–Kier alpha value is -0.860. The maximum atomic E-state index is 3.34. The molecule has 1 N–H and O–H groups in total. The minimum absolute atomic E-state index is 0.532. The van der Waals surface area contributed by atoms with Gasteiger partial charge >= 0.3 is 0 Å². The first-order valence-corrected chi connectivity index (χ1v) is 7.19. The summed E-state index contributed by atoms with van der Waals surface area (Å²) in [6.07, 6.45) is 4.05. The SMILES string of the molecule is CNCC1CCCCN1C(C)c1ccc(C)cc1. The summed E-state index contributed by atoms with van der Waals surface area (Å²) in [7, 11) is 2.06. The summed E-state index contributed by atoms with van der Waals surface area (Å²) in [5.74, 6) is 0. The summed E-state index contributed by atoms with van der Waals surface area (Å²) in [5.41, 5.74) is 2.79. The number of hydrogen-bond acceptors (Lipinski definition) is 2. The molecule has 1 saturated heterocycles. The van der Waals surface area contributed by atoms with Crippen LogP contribution in [0.25, 0.3) is 0 Å². The Morgan fingerprint density at radius 2 is 2.00 bits per heavy atom. The van der Waals surface area contributed by atoms with Crippen LogP contribution in [0.3, 0.4) is 0 Å². The van der Waals surface area contributed by atoms with Crippen molar-refractivity contribution < 1.29 is 0 Å². The van der Waals surface area contributed by atoms with Crippen LogP contribution in [0.4, 0.5) is 0 Å². The van der Waals surface area contributed by atoms with E-state index in [1.807, 2.05) is 0 Å². The highest BCUT2D eigenvalue weighted by atomic mass is 15.2. The van der Waals surface area contributed by atoms with Crippen LogP contribution in [-0.2, 0) is 0 Å². The Morgan fingerprint density at radius 3 is 2.67 bits per heavy atom. The van der Waals surface area contributed by atoms with Crippen LogP contribution < -0.4 is 5.32 Å². The number of piperidine rings is 1. The largest absolute Gasteiger partial charge is 0.318 e. The van der Waals surface area contributed by atoms with Crippen LogP contribution in [0.15, 0.2) is 24.3 Å². The van der Waals surface area contributed by atoms with Gasteiger partial charge < -0.3 is 5.32 Å². The molecule has 1 aromatic rings. The lowest BCUT2D eigenvalue weighted by Crippen LogP contribution is -2.45. The molecule has 0 bridgehead atoms. The molecule has 2 nitrogen and oxygen atoms in total. The average molecular weight is 246 g/mol. The van der Waals surface area contributed by atoms with Crippen LogP contribution in [-0.4, -0.2) is 31.1 Å². The number of likely N-dealkylation sites (N-methyl/N-ethyl adjacent to an activating group) is 1. The molecule has 18 heavy (non-hydrogen) atoms. The predicted molar refractivity (Wildman–Crippen MR) is 77.9 cm³/mol. The Balaban J connectivity index is 2.09. The second kappa shape index (κ2) is 6.35. The van der Waals surface area contributed by atoms with Crippen molar-refractivity contribution in [2.75, 3.05) is 20.1 Å². The molecule has 2 unspecified atom stereocenters. The fraction of sp³-hybridized carbons (Fsp3) is 0.625. The van der Waals surface area contributed by atoms with Crippen molar-refractivity contribution in [2.24, 2.45) is 0 Å². The third-order valence-corrected chi connectivity index (χ3v) is 4.17. The molecule has 0 saturated carbocycles. The van der Waals surface area contributed by atoms with E-state index in [0.29, 0.717) is 12.1 Å². The van der Waals surface area contributed by atoms with Crippen LogP contribution in [0, 0.1) is 6.92 Å². The number of hydrogen-bond donors (Lipinski definition) is 1. The zero-order chi connectivity index (χ0) is 13.0. The van der Waals surface area contributed by atoms with Crippen molar-refractivity contribution in [1.82, 2.24) is 10.2 Å². The molecule has 2 rings (SSSR count). The van der Waals surface area contributed by atoms with Crippen molar-refractivity contribution in [3.63, 3.8) is 0 Å². The lowest BCUT2D eigenvalue weighted by atomic mass is 9.96. The van der Waals surface area contributed by atoms with Gasteiger partial charge in [-0.1, -0.05) is 36.2 Å². The molecule has 2 heteroatoms. The molecule has 1 aromatic carbocycles. The van der Waals surface area contributed by atoms with Crippen LogP contribution in [0.2, 0.25) is 0 Å². The van der Waals surface area contributed by atoms with Crippen molar-refractivity contribution in [3.8, 4) is 0 Å². The first kappa shape index (κ1) is 13.6. The molecule has 2 atom stereocenters. The third-order valence-electron chi connectivity index (χ3n) is 4.17. The van der Waals surface area contributed by atoms with Gasteiger partial charge in [0.25, 0.3) is 0 Å². The Bertz CT molecular complexity index is 356. The maximum absolute atomic E-state index is 3.34. The summed E-state index contributed by atoms with van der Waals surface area (Å²) in [5, 5.41) is 3.34. The van der Waals surface area contributed by atoms with Crippen molar-refractivity contribution in [2.45, 2.75) is 45.2 Å². The Morgan fingerprint density at radius 1 is 1.28 bits per heavy atom. The summed E-state index contributed by atoms with van der Waals surface area (Å²) < 4.78 is 0. The highest BCUT2D eigenvalue weighted by molar-refractivity contribution is 5.24. The topological polar surface area (TPSA) is 15.3 Å². The van der Waals surface area contributed by atoms with Crippen LogP contribution in [0.5, 0.6) is 0 Å². The number of aryl methyl sites for hydroxylation is 1. The number of likely N-dealkylation sites (tertiary alicyclic amines) is 1. The molecular weight excluding hydrogens is 220 g/mol. The van der Waals surface area contributed by atoms with Gasteiger partial charge in [-0.3, -0.25) is 4.90 Å². The van der Waals surface area contributed by atoms with Gasteiger partial charge in [-0.2, -0.15) is 0 Å². The van der Waals surface area contributed by atoms with Crippen molar-refractivity contribution in [1.29, 1.82) is 0 Å². The molecule has 1 fully saturated rings. The van der Waals surface area contributed by atoms with E-state index >= 15 is 0 Å². The third kappa shape index (κ3) is 3.12. The highest BCUT2D eigenvalue weighted by Gasteiger charge is 2.26. The van der Waals surface area contributed by atoms with E-state index in [2.05, 4.69) is 55.4 Å². The molecule has 0 spiro atoms. The van der Waals surface area contributed by atoms with Gasteiger partial charge in [-0.05, 0) is 45.8 Å². The number of nitrogens with zero attached hydrogens (tertiary/aromatic N) is 1. The first-order chi connectivity index (χ1) is 8.72. The second-order valence-electron chi connectivity index (χ2n) is 5.53. The fourth-order valence-electron chi connectivity index (χ4n) is 3.02.